The number of carbonyl (C=O) groups excluding carboxylic acids is 1. The van der Waals surface area contributed by atoms with Crippen molar-refractivity contribution >= 4 is 22.6 Å². The zero-order valence-electron chi connectivity index (χ0n) is 12.8. The molecule has 23 heavy (non-hydrogen) atoms. The highest BCUT2D eigenvalue weighted by molar-refractivity contribution is 5.92. The molecule has 1 aromatic heterocycles. The zero-order valence-corrected chi connectivity index (χ0v) is 12.8. The molecule has 0 unspecified atom stereocenters. The molecule has 0 aliphatic rings. The zero-order chi connectivity index (χ0) is 16.6. The van der Waals surface area contributed by atoms with Crippen molar-refractivity contribution in [1.29, 1.82) is 0 Å². The Morgan fingerprint density at radius 3 is 2.83 bits per heavy atom. The molecule has 118 valence electrons. The van der Waals surface area contributed by atoms with Gasteiger partial charge in [-0.1, -0.05) is 12.1 Å². The van der Waals surface area contributed by atoms with E-state index in [4.69, 9.17) is 0 Å². The van der Waals surface area contributed by atoms with E-state index in [0.29, 0.717) is 16.7 Å². The van der Waals surface area contributed by atoms with E-state index in [2.05, 4.69) is 10.3 Å². The topological polar surface area (TPSA) is 66.9 Å². The van der Waals surface area contributed by atoms with Crippen LogP contribution in [0.25, 0.3) is 11.0 Å². The normalized spacial score (nSPS) is 10.9. The number of imidazole rings is 1. The van der Waals surface area contributed by atoms with Gasteiger partial charge in [-0.05, 0) is 49.2 Å². The van der Waals surface area contributed by atoms with Crippen molar-refractivity contribution in [2.24, 2.45) is 0 Å². The number of nitrogens with one attached hydrogen (secondary N) is 2. The fraction of sp³-hybridized carbons (Fsp3) is 0.176. The Balaban J connectivity index is 1.87. The number of hydrogen-bond donors (Lipinski definition) is 2. The molecule has 6 heteroatoms. The van der Waals surface area contributed by atoms with Crippen LogP contribution in [0.4, 0.5) is 10.1 Å². The lowest BCUT2D eigenvalue weighted by Gasteiger charge is -2.10. The summed E-state index contributed by atoms with van der Waals surface area (Å²) in [7, 11) is 0. The van der Waals surface area contributed by atoms with Crippen molar-refractivity contribution in [2.45, 2.75) is 20.4 Å². The average molecular weight is 313 g/mol. The van der Waals surface area contributed by atoms with Crippen LogP contribution in [0.3, 0.4) is 0 Å². The summed E-state index contributed by atoms with van der Waals surface area (Å²) in [5.74, 6) is -0.753. The van der Waals surface area contributed by atoms with E-state index >= 15 is 0 Å². The third-order valence-electron chi connectivity index (χ3n) is 3.92. The number of fused-ring (bicyclic) bond motifs is 1. The lowest BCUT2D eigenvalue weighted by atomic mass is 10.1. The molecule has 1 heterocycles. The number of anilines is 1. The number of amides is 1. The molecule has 5 nitrogen and oxygen atoms in total. The Labute approximate surface area is 131 Å². The van der Waals surface area contributed by atoms with Gasteiger partial charge in [-0.2, -0.15) is 0 Å². The van der Waals surface area contributed by atoms with Gasteiger partial charge in [-0.15, -0.1) is 0 Å². The van der Waals surface area contributed by atoms with E-state index in [-0.39, 0.29) is 12.5 Å². The number of aromatic amines is 1. The van der Waals surface area contributed by atoms with Gasteiger partial charge in [0.25, 0.3) is 0 Å². The van der Waals surface area contributed by atoms with Gasteiger partial charge in [0.05, 0.1) is 11.0 Å². The first-order chi connectivity index (χ1) is 11.0. The van der Waals surface area contributed by atoms with E-state index in [9.17, 15) is 14.0 Å². The lowest BCUT2D eigenvalue weighted by molar-refractivity contribution is -0.116. The predicted octanol–water partition coefficient (Wildman–Crippen LogP) is 2.72. The van der Waals surface area contributed by atoms with Crippen LogP contribution >= 0.6 is 0 Å². The third-order valence-corrected chi connectivity index (χ3v) is 3.92. The smallest absolute Gasteiger partial charge is 0.324 e. The van der Waals surface area contributed by atoms with Crippen LogP contribution in [0.5, 0.6) is 0 Å². The molecule has 0 saturated carbocycles. The number of rotatable bonds is 3. The van der Waals surface area contributed by atoms with Crippen LogP contribution in [0.2, 0.25) is 0 Å². The van der Waals surface area contributed by atoms with Crippen LogP contribution in [0, 0.1) is 19.7 Å². The molecule has 3 aromatic rings. The van der Waals surface area contributed by atoms with Crippen molar-refractivity contribution in [1.82, 2.24) is 9.55 Å². The predicted molar refractivity (Wildman–Crippen MR) is 87.1 cm³/mol. The number of benzene rings is 2. The molecule has 2 N–H and O–H groups in total. The molecule has 0 atom stereocenters. The van der Waals surface area contributed by atoms with Crippen LogP contribution in [-0.2, 0) is 11.3 Å². The molecule has 0 spiro atoms. The Morgan fingerprint density at radius 2 is 2.04 bits per heavy atom. The van der Waals surface area contributed by atoms with Crippen molar-refractivity contribution in [2.75, 3.05) is 5.32 Å². The maximum atomic E-state index is 13.2. The highest BCUT2D eigenvalue weighted by atomic mass is 19.1. The molecule has 2 aromatic carbocycles. The highest BCUT2D eigenvalue weighted by Crippen LogP contribution is 2.18. The Hall–Kier alpha value is -2.89. The molecule has 0 aliphatic carbocycles. The van der Waals surface area contributed by atoms with Gasteiger partial charge in [0, 0.05) is 5.69 Å². The van der Waals surface area contributed by atoms with Gasteiger partial charge < -0.3 is 10.3 Å². The average Bonchev–Trinajstić information content (AvgIpc) is 2.79. The maximum absolute atomic E-state index is 13.2. The fourth-order valence-corrected chi connectivity index (χ4v) is 2.51. The number of aromatic nitrogens is 2. The van der Waals surface area contributed by atoms with Gasteiger partial charge in [-0.25, -0.2) is 9.18 Å². The summed E-state index contributed by atoms with van der Waals surface area (Å²) < 4.78 is 14.5. The summed E-state index contributed by atoms with van der Waals surface area (Å²) in [4.78, 5) is 26.8. The molecule has 1 amide bonds. The second kappa shape index (κ2) is 5.72. The Bertz CT molecular complexity index is 956. The molecule has 0 radical (unpaired) electrons. The first-order valence-corrected chi connectivity index (χ1v) is 7.20. The van der Waals surface area contributed by atoms with Gasteiger partial charge in [0.1, 0.15) is 12.4 Å². The summed E-state index contributed by atoms with van der Waals surface area (Å²) in [5, 5.41) is 2.81. The SMILES string of the molecule is Cc1cccc(NC(=O)Cn2c(=O)[nH]c3cc(F)ccc32)c1C. The largest absolute Gasteiger partial charge is 0.326 e. The summed E-state index contributed by atoms with van der Waals surface area (Å²) in [6.45, 7) is 3.74. The summed E-state index contributed by atoms with van der Waals surface area (Å²) >= 11 is 0. The number of nitrogens with zero attached hydrogens (tertiary/aromatic N) is 1. The number of H-pyrrole nitrogens is 1. The summed E-state index contributed by atoms with van der Waals surface area (Å²) in [6.07, 6.45) is 0. The maximum Gasteiger partial charge on any atom is 0.326 e. The van der Waals surface area contributed by atoms with Gasteiger partial charge >= 0.3 is 5.69 Å². The Morgan fingerprint density at radius 1 is 1.26 bits per heavy atom. The van der Waals surface area contributed by atoms with E-state index in [1.54, 1.807) is 0 Å². The van der Waals surface area contributed by atoms with E-state index in [1.807, 2.05) is 32.0 Å². The lowest BCUT2D eigenvalue weighted by Crippen LogP contribution is -2.26. The van der Waals surface area contributed by atoms with E-state index in [1.165, 1.54) is 22.8 Å². The van der Waals surface area contributed by atoms with Gasteiger partial charge in [0.15, 0.2) is 0 Å². The first-order valence-electron chi connectivity index (χ1n) is 7.20. The molecule has 0 aliphatic heterocycles. The summed E-state index contributed by atoms with van der Waals surface area (Å²) in [5.41, 5.74) is 3.19. The molecular weight excluding hydrogens is 297 g/mol. The second-order valence-electron chi connectivity index (χ2n) is 5.47. The van der Waals surface area contributed by atoms with Gasteiger partial charge in [-0.3, -0.25) is 9.36 Å². The second-order valence-corrected chi connectivity index (χ2v) is 5.47. The Kier molecular flexibility index (Phi) is 3.73. The number of carbonyl (C=O) groups is 1. The molecular formula is C17H16FN3O2. The van der Waals surface area contributed by atoms with Crippen molar-refractivity contribution < 1.29 is 9.18 Å². The molecule has 0 saturated heterocycles. The minimum Gasteiger partial charge on any atom is -0.324 e. The van der Waals surface area contributed by atoms with Crippen LogP contribution < -0.4 is 11.0 Å². The molecule has 0 bridgehead atoms. The minimum absolute atomic E-state index is 0.141. The van der Waals surface area contributed by atoms with E-state index in [0.717, 1.165) is 11.1 Å². The molecule has 3 rings (SSSR count). The standard InChI is InChI=1S/C17H16FN3O2/c1-10-4-3-5-13(11(10)2)19-16(22)9-21-15-7-6-12(18)8-14(15)20-17(21)23/h3-8H,9H2,1-2H3,(H,19,22)(H,20,23). The summed E-state index contributed by atoms with van der Waals surface area (Å²) in [6, 6.07) is 9.61. The van der Waals surface area contributed by atoms with Crippen molar-refractivity contribution in [3.05, 3.63) is 63.8 Å². The van der Waals surface area contributed by atoms with Crippen molar-refractivity contribution in [3.8, 4) is 0 Å². The molecule has 0 fully saturated rings. The quantitative estimate of drug-likeness (QED) is 0.781. The van der Waals surface area contributed by atoms with Crippen LogP contribution in [0.1, 0.15) is 11.1 Å². The van der Waals surface area contributed by atoms with E-state index < -0.39 is 11.5 Å². The first kappa shape index (κ1) is 15.0. The van der Waals surface area contributed by atoms with Gasteiger partial charge in [0.2, 0.25) is 5.91 Å². The number of hydrogen-bond acceptors (Lipinski definition) is 2. The fourth-order valence-electron chi connectivity index (χ4n) is 2.51. The van der Waals surface area contributed by atoms with Crippen LogP contribution in [0.15, 0.2) is 41.2 Å². The van der Waals surface area contributed by atoms with Crippen LogP contribution in [-0.4, -0.2) is 15.5 Å². The van der Waals surface area contributed by atoms with Crippen molar-refractivity contribution in [3.63, 3.8) is 0 Å². The number of aryl methyl sites for hydroxylation is 1. The third kappa shape index (κ3) is 2.88. The highest BCUT2D eigenvalue weighted by Gasteiger charge is 2.12. The monoisotopic (exact) mass is 313 g/mol. The number of halogens is 1. The minimum atomic E-state index is -0.443.